The Hall–Kier alpha value is -2.66. The number of imidazole rings is 1. The maximum absolute atomic E-state index is 11.8. The number of ether oxygens (including phenoxy) is 1. The quantitative estimate of drug-likeness (QED) is 0.667. The lowest BCUT2D eigenvalue weighted by Gasteiger charge is -2.11. The fraction of sp³-hybridized carbons (Fsp3) is 0.300. The molecule has 5 nitrogen and oxygen atoms in total. The molecule has 0 aliphatic heterocycles. The molecule has 5 heteroatoms. The normalized spacial score (nSPS) is 11.2. The van der Waals surface area contributed by atoms with Gasteiger partial charge in [-0.25, -0.2) is 4.98 Å². The third-order valence-corrected chi connectivity index (χ3v) is 4.06. The van der Waals surface area contributed by atoms with Crippen molar-refractivity contribution >= 4 is 16.8 Å². The number of benzene rings is 2. The molecule has 0 spiro atoms. The van der Waals surface area contributed by atoms with Gasteiger partial charge in [0.05, 0.1) is 11.0 Å². The maximum atomic E-state index is 11.8. The van der Waals surface area contributed by atoms with Gasteiger partial charge in [0.2, 0.25) is 0 Å². The third kappa shape index (κ3) is 4.06. The van der Waals surface area contributed by atoms with Crippen LogP contribution in [0.15, 0.2) is 42.5 Å². The van der Waals surface area contributed by atoms with Crippen LogP contribution < -0.4 is 4.74 Å². The van der Waals surface area contributed by atoms with Crippen LogP contribution in [0.3, 0.4) is 0 Å². The maximum Gasteiger partial charge on any atom is 0.162 e. The lowest BCUT2D eigenvalue weighted by molar-refractivity contribution is 0.0988. The largest absolute Gasteiger partial charge is 0.492 e. The van der Waals surface area contributed by atoms with Crippen molar-refractivity contribution in [3.05, 3.63) is 48.0 Å². The second-order valence-electron chi connectivity index (χ2n) is 6.27. The van der Waals surface area contributed by atoms with E-state index < -0.39 is 0 Å². The number of Topliss-reactive ketones (excluding diaryl/α,β-unsaturated/α-hetero) is 1. The van der Waals surface area contributed by atoms with E-state index in [2.05, 4.69) is 14.9 Å². The van der Waals surface area contributed by atoms with Gasteiger partial charge in [0.25, 0.3) is 0 Å². The van der Waals surface area contributed by atoms with Crippen LogP contribution in [0.4, 0.5) is 0 Å². The number of likely N-dealkylation sites (N-methyl/N-ethyl adjacent to an activating group) is 1. The second-order valence-corrected chi connectivity index (χ2v) is 6.27. The number of ketones is 1. The Morgan fingerprint density at radius 1 is 1.16 bits per heavy atom. The molecule has 3 aromatic rings. The van der Waals surface area contributed by atoms with Crippen molar-refractivity contribution in [1.29, 1.82) is 0 Å². The summed E-state index contributed by atoms with van der Waals surface area (Å²) in [6.45, 7) is 3.40. The summed E-state index contributed by atoms with van der Waals surface area (Å²) in [7, 11) is 4.04. The van der Waals surface area contributed by atoms with Crippen LogP contribution in [0.5, 0.6) is 5.75 Å². The molecule has 0 saturated heterocycles. The van der Waals surface area contributed by atoms with Crippen LogP contribution in [0.25, 0.3) is 22.4 Å². The summed E-state index contributed by atoms with van der Waals surface area (Å²) in [5, 5.41) is 0. The number of carbonyl (C=O) groups excluding carboxylic acids is 1. The molecule has 1 heterocycles. The highest BCUT2D eigenvalue weighted by Crippen LogP contribution is 2.23. The molecule has 3 rings (SSSR count). The average molecular weight is 337 g/mol. The van der Waals surface area contributed by atoms with E-state index in [0.717, 1.165) is 34.7 Å². The first-order chi connectivity index (χ1) is 12.1. The molecule has 2 aromatic carbocycles. The highest BCUT2D eigenvalue weighted by atomic mass is 16.5. The first kappa shape index (κ1) is 17.2. The number of fused-ring (bicyclic) bond motifs is 1. The molecule has 0 radical (unpaired) electrons. The van der Waals surface area contributed by atoms with Crippen molar-refractivity contribution in [1.82, 2.24) is 14.9 Å². The Morgan fingerprint density at radius 2 is 1.92 bits per heavy atom. The number of hydrogen-bond donors (Lipinski definition) is 1. The fourth-order valence-electron chi connectivity index (χ4n) is 2.58. The van der Waals surface area contributed by atoms with E-state index in [1.165, 1.54) is 0 Å². The summed E-state index contributed by atoms with van der Waals surface area (Å²) in [4.78, 5) is 21.9. The minimum atomic E-state index is 0.130. The summed E-state index contributed by atoms with van der Waals surface area (Å²) in [6, 6.07) is 13.5. The van der Waals surface area contributed by atoms with Gasteiger partial charge in [0.1, 0.15) is 18.2 Å². The monoisotopic (exact) mass is 337 g/mol. The zero-order chi connectivity index (χ0) is 17.8. The van der Waals surface area contributed by atoms with Crippen molar-refractivity contribution in [3.8, 4) is 17.1 Å². The molecule has 0 amide bonds. The number of nitrogens with zero attached hydrogens (tertiary/aromatic N) is 2. The standard InChI is InChI=1S/C20H23N3O2/c1-4-19(24)15-7-10-17-18(13-15)22-20(21-17)14-5-8-16(9-6-14)25-12-11-23(2)3/h5-10,13H,4,11-12H2,1-3H3,(H,21,22). The average Bonchev–Trinajstić information content (AvgIpc) is 3.04. The molecule has 0 saturated carbocycles. The molecule has 25 heavy (non-hydrogen) atoms. The summed E-state index contributed by atoms with van der Waals surface area (Å²) in [5.41, 5.74) is 3.42. The first-order valence-corrected chi connectivity index (χ1v) is 8.47. The van der Waals surface area contributed by atoms with E-state index in [0.29, 0.717) is 18.6 Å². The molecule has 130 valence electrons. The van der Waals surface area contributed by atoms with Gasteiger partial charge >= 0.3 is 0 Å². The van der Waals surface area contributed by atoms with Gasteiger partial charge in [-0.15, -0.1) is 0 Å². The van der Waals surface area contributed by atoms with Gasteiger partial charge in [-0.05, 0) is 56.6 Å². The van der Waals surface area contributed by atoms with Crippen LogP contribution in [0, 0.1) is 0 Å². The number of rotatable bonds is 7. The third-order valence-electron chi connectivity index (χ3n) is 4.06. The van der Waals surface area contributed by atoms with Crippen molar-refractivity contribution in [3.63, 3.8) is 0 Å². The number of aromatic nitrogens is 2. The van der Waals surface area contributed by atoms with Crippen molar-refractivity contribution in [2.24, 2.45) is 0 Å². The molecule has 1 aromatic heterocycles. The van der Waals surface area contributed by atoms with Crippen LogP contribution >= 0.6 is 0 Å². The summed E-state index contributed by atoms with van der Waals surface area (Å²) in [5.74, 6) is 1.76. The van der Waals surface area contributed by atoms with E-state index in [9.17, 15) is 4.79 Å². The van der Waals surface area contributed by atoms with Crippen LogP contribution in [-0.2, 0) is 0 Å². The van der Waals surface area contributed by atoms with Crippen molar-refractivity contribution < 1.29 is 9.53 Å². The topological polar surface area (TPSA) is 58.2 Å². The van der Waals surface area contributed by atoms with Crippen LogP contribution in [-0.4, -0.2) is 47.9 Å². The number of hydrogen-bond acceptors (Lipinski definition) is 4. The lowest BCUT2D eigenvalue weighted by Crippen LogP contribution is -2.19. The minimum Gasteiger partial charge on any atom is -0.492 e. The number of nitrogens with one attached hydrogen (secondary N) is 1. The predicted octanol–water partition coefficient (Wildman–Crippen LogP) is 3.76. The Balaban J connectivity index is 1.78. The zero-order valence-corrected chi connectivity index (χ0v) is 14.9. The van der Waals surface area contributed by atoms with Crippen molar-refractivity contribution in [2.45, 2.75) is 13.3 Å². The summed E-state index contributed by atoms with van der Waals surface area (Å²) in [6.07, 6.45) is 0.498. The van der Waals surface area contributed by atoms with Gasteiger partial charge in [0.15, 0.2) is 5.78 Å². The van der Waals surface area contributed by atoms with E-state index in [-0.39, 0.29) is 5.78 Å². The van der Waals surface area contributed by atoms with Gasteiger partial charge in [-0.2, -0.15) is 0 Å². The molecular weight excluding hydrogens is 314 g/mol. The highest BCUT2D eigenvalue weighted by Gasteiger charge is 2.09. The Bertz CT molecular complexity index is 866. The zero-order valence-electron chi connectivity index (χ0n) is 14.9. The smallest absolute Gasteiger partial charge is 0.162 e. The second kappa shape index (κ2) is 7.49. The molecule has 0 aliphatic carbocycles. The van der Waals surface area contributed by atoms with E-state index in [1.54, 1.807) is 0 Å². The molecule has 0 fully saturated rings. The van der Waals surface area contributed by atoms with Crippen molar-refractivity contribution in [2.75, 3.05) is 27.2 Å². The van der Waals surface area contributed by atoms with E-state index in [1.807, 2.05) is 63.5 Å². The van der Waals surface area contributed by atoms with Gasteiger partial charge in [-0.1, -0.05) is 6.92 Å². The number of aromatic amines is 1. The molecule has 1 N–H and O–H groups in total. The fourth-order valence-corrected chi connectivity index (χ4v) is 2.58. The SMILES string of the molecule is CCC(=O)c1ccc2[nH]c(-c3ccc(OCCN(C)C)cc3)nc2c1. The van der Waals surface area contributed by atoms with Crippen LogP contribution in [0.1, 0.15) is 23.7 Å². The van der Waals surface area contributed by atoms with E-state index in [4.69, 9.17) is 4.74 Å². The molecule has 0 unspecified atom stereocenters. The number of carbonyl (C=O) groups is 1. The molecule has 0 bridgehead atoms. The Kier molecular flexibility index (Phi) is 5.14. The predicted molar refractivity (Wildman–Crippen MR) is 100 cm³/mol. The first-order valence-electron chi connectivity index (χ1n) is 8.47. The Morgan fingerprint density at radius 3 is 2.60 bits per heavy atom. The minimum absolute atomic E-state index is 0.130. The molecular formula is C20H23N3O2. The van der Waals surface area contributed by atoms with Gasteiger partial charge in [-0.3, -0.25) is 4.79 Å². The van der Waals surface area contributed by atoms with Gasteiger partial charge in [0, 0.05) is 24.1 Å². The Labute approximate surface area is 147 Å². The van der Waals surface area contributed by atoms with Gasteiger partial charge < -0.3 is 14.6 Å². The highest BCUT2D eigenvalue weighted by molar-refractivity contribution is 5.99. The lowest BCUT2D eigenvalue weighted by atomic mass is 10.1. The van der Waals surface area contributed by atoms with Crippen LogP contribution in [0.2, 0.25) is 0 Å². The molecule has 0 atom stereocenters. The number of H-pyrrole nitrogens is 1. The summed E-state index contributed by atoms with van der Waals surface area (Å²) >= 11 is 0. The molecule has 0 aliphatic rings. The summed E-state index contributed by atoms with van der Waals surface area (Å²) < 4.78 is 5.71. The van der Waals surface area contributed by atoms with E-state index >= 15 is 0 Å².